The highest BCUT2D eigenvalue weighted by Crippen LogP contribution is 2.37. The fourth-order valence-corrected chi connectivity index (χ4v) is 3.20. The second-order valence-electron chi connectivity index (χ2n) is 8.15. The van der Waals surface area contributed by atoms with Crippen molar-refractivity contribution in [2.75, 3.05) is 19.6 Å². The minimum Gasteiger partial charge on any atom is -0.460 e. The first-order chi connectivity index (χ1) is 9.92. The molecule has 0 aromatic rings. The molecule has 2 unspecified atom stereocenters. The molecule has 0 aliphatic carbocycles. The molecule has 0 aromatic carbocycles. The van der Waals surface area contributed by atoms with E-state index in [0.717, 1.165) is 6.42 Å². The van der Waals surface area contributed by atoms with Crippen LogP contribution in [0.5, 0.6) is 0 Å². The van der Waals surface area contributed by atoms with Crippen molar-refractivity contribution < 1.29 is 18.3 Å². The number of carbonyl (C=O) groups excluding carboxylic acids is 1. The normalized spacial score (nSPS) is 28.7. The molecule has 128 valence electrons. The molecule has 2 heterocycles. The smallest absolute Gasteiger partial charge is 0.312 e. The van der Waals surface area contributed by atoms with Crippen LogP contribution in [0.4, 0.5) is 8.78 Å². The first kappa shape index (κ1) is 17.6. The molecule has 0 spiro atoms. The third-order valence-electron chi connectivity index (χ3n) is 4.51. The number of alkyl halides is 2. The highest BCUT2D eigenvalue weighted by molar-refractivity contribution is 5.76. The Morgan fingerprint density at radius 2 is 1.95 bits per heavy atom. The number of hydrogen-bond donors (Lipinski definition) is 1. The topological polar surface area (TPSA) is 41.6 Å². The van der Waals surface area contributed by atoms with E-state index in [-0.39, 0.29) is 18.6 Å². The first-order valence-corrected chi connectivity index (χ1v) is 8.01. The Bertz CT molecular complexity index is 432. The summed E-state index contributed by atoms with van der Waals surface area (Å²) < 4.78 is 33.3. The van der Waals surface area contributed by atoms with Crippen LogP contribution < -0.4 is 5.32 Å². The predicted octanol–water partition coefficient (Wildman–Crippen LogP) is 2.43. The average molecular weight is 318 g/mol. The number of nitrogens with one attached hydrogen (secondary N) is 1. The zero-order chi connectivity index (χ0) is 16.8. The number of halogens is 2. The molecule has 1 N–H and O–H groups in total. The van der Waals surface area contributed by atoms with Gasteiger partial charge in [-0.25, -0.2) is 8.78 Å². The third kappa shape index (κ3) is 3.77. The molecule has 2 rings (SSSR count). The highest BCUT2D eigenvalue weighted by atomic mass is 19.3. The van der Waals surface area contributed by atoms with Crippen LogP contribution in [0, 0.1) is 5.41 Å². The largest absolute Gasteiger partial charge is 0.460 e. The van der Waals surface area contributed by atoms with Crippen LogP contribution >= 0.6 is 0 Å². The summed E-state index contributed by atoms with van der Waals surface area (Å²) in [6.07, 6.45) is 1.26. The minimum absolute atomic E-state index is 0.125. The van der Waals surface area contributed by atoms with E-state index in [9.17, 15) is 13.6 Å². The van der Waals surface area contributed by atoms with E-state index < -0.39 is 23.0 Å². The van der Waals surface area contributed by atoms with Gasteiger partial charge in [-0.3, -0.25) is 9.69 Å². The molecule has 6 heteroatoms. The van der Waals surface area contributed by atoms with E-state index >= 15 is 0 Å². The van der Waals surface area contributed by atoms with E-state index in [1.807, 2.05) is 39.5 Å². The quantitative estimate of drug-likeness (QED) is 0.809. The Balaban J connectivity index is 1.93. The van der Waals surface area contributed by atoms with Gasteiger partial charge < -0.3 is 10.1 Å². The number of likely N-dealkylation sites (tertiary alicyclic amines) is 1. The summed E-state index contributed by atoms with van der Waals surface area (Å²) in [4.78, 5) is 14.1. The van der Waals surface area contributed by atoms with E-state index in [2.05, 4.69) is 5.32 Å². The van der Waals surface area contributed by atoms with Crippen molar-refractivity contribution in [2.45, 2.75) is 71.1 Å². The van der Waals surface area contributed by atoms with Gasteiger partial charge in [0, 0.05) is 12.6 Å². The predicted molar refractivity (Wildman–Crippen MR) is 81.0 cm³/mol. The number of esters is 1. The molecule has 4 nitrogen and oxygen atoms in total. The zero-order valence-electron chi connectivity index (χ0n) is 14.2. The van der Waals surface area contributed by atoms with Crippen molar-refractivity contribution in [3.8, 4) is 0 Å². The van der Waals surface area contributed by atoms with Crippen molar-refractivity contribution in [1.82, 2.24) is 10.2 Å². The van der Waals surface area contributed by atoms with Gasteiger partial charge in [0.05, 0.1) is 18.0 Å². The number of carbonyl (C=O) groups is 1. The molecule has 2 atom stereocenters. The minimum atomic E-state index is -2.68. The number of fused-ring (bicyclic) bond motifs is 1. The van der Waals surface area contributed by atoms with Crippen LogP contribution in [0.2, 0.25) is 0 Å². The van der Waals surface area contributed by atoms with E-state index in [1.54, 1.807) is 0 Å². The lowest BCUT2D eigenvalue weighted by Gasteiger charge is -2.32. The van der Waals surface area contributed by atoms with Gasteiger partial charge in [0.25, 0.3) is 5.92 Å². The lowest BCUT2D eigenvalue weighted by Crippen LogP contribution is -2.46. The molecule has 0 aromatic heterocycles. The van der Waals surface area contributed by atoms with Gasteiger partial charge in [0.15, 0.2) is 0 Å². The van der Waals surface area contributed by atoms with Crippen LogP contribution in [-0.4, -0.2) is 54.1 Å². The summed E-state index contributed by atoms with van der Waals surface area (Å²) in [5.41, 5.74) is -1.21. The monoisotopic (exact) mass is 318 g/mol. The van der Waals surface area contributed by atoms with Gasteiger partial charge in [-0.1, -0.05) is 0 Å². The van der Waals surface area contributed by atoms with Crippen LogP contribution in [0.25, 0.3) is 0 Å². The summed E-state index contributed by atoms with van der Waals surface area (Å²) in [5.74, 6) is -2.95. The summed E-state index contributed by atoms with van der Waals surface area (Å²) in [6.45, 7) is 10.0. The number of nitrogens with zero attached hydrogens (tertiary/aromatic N) is 1. The fraction of sp³-hybridized carbons (Fsp3) is 0.938. The maximum absolute atomic E-state index is 14.0. The molecule has 0 bridgehead atoms. The maximum atomic E-state index is 14.0. The Hall–Kier alpha value is -0.750. The van der Waals surface area contributed by atoms with Gasteiger partial charge in [0.1, 0.15) is 5.60 Å². The van der Waals surface area contributed by atoms with Gasteiger partial charge in [-0.05, 0) is 54.0 Å². The van der Waals surface area contributed by atoms with Crippen molar-refractivity contribution in [1.29, 1.82) is 0 Å². The van der Waals surface area contributed by atoms with Gasteiger partial charge in [-0.2, -0.15) is 0 Å². The van der Waals surface area contributed by atoms with Gasteiger partial charge in [0.2, 0.25) is 0 Å². The van der Waals surface area contributed by atoms with Gasteiger partial charge >= 0.3 is 5.97 Å². The fourth-order valence-electron chi connectivity index (χ4n) is 3.20. The molecular formula is C16H28F2N2O2. The zero-order valence-corrected chi connectivity index (χ0v) is 14.2. The van der Waals surface area contributed by atoms with Crippen molar-refractivity contribution in [2.24, 2.45) is 5.41 Å². The standard InChI is InChI=1S/C16H28F2N2O2/c1-14(2,3)22-13(21)15(4,5)7-9-20-8-6-11-12(20)16(17,18)10-19-11/h11-12,19H,6-10H2,1-5H3. The van der Waals surface area contributed by atoms with E-state index in [0.29, 0.717) is 19.5 Å². The molecule has 0 amide bonds. The number of ether oxygens (including phenoxy) is 1. The Labute approximate surface area is 131 Å². The van der Waals surface area contributed by atoms with Crippen LogP contribution in [-0.2, 0) is 9.53 Å². The number of rotatable bonds is 4. The van der Waals surface area contributed by atoms with Gasteiger partial charge in [-0.15, -0.1) is 0 Å². The molecule has 22 heavy (non-hydrogen) atoms. The molecule has 0 radical (unpaired) electrons. The SMILES string of the molecule is CC(C)(C)OC(=O)C(C)(C)CCN1CCC2NCC(F)(F)C21. The molecule has 2 fully saturated rings. The summed E-state index contributed by atoms with van der Waals surface area (Å²) >= 11 is 0. The second kappa shape index (κ2) is 5.71. The Morgan fingerprint density at radius 1 is 1.32 bits per heavy atom. The van der Waals surface area contributed by atoms with E-state index in [4.69, 9.17) is 4.74 Å². The third-order valence-corrected chi connectivity index (χ3v) is 4.51. The Morgan fingerprint density at radius 3 is 2.55 bits per heavy atom. The highest BCUT2D eigenvalue weighted by Gasteiger charge is 2.55. The van der Waals surface area contributed by atoms with Crippen molar-refractivity contribution in [3.05, 3.63) is 0 Å². The van der Waals surface area contributed by atoms with Crippen LogP contribution in [0.1, 0.15) is 47.5 Å². The summed E-state index contributed by atoms with van der Waals surface area (Å²) in [6, 6.07) is -0.860. The lowest BCUT2D eigenvalue weighted by atomic mass is 9.88. The van der Waals surface area contributed by atoms with Crippen molar-refractivity contribution >= 4 is 5.97 Å². The number of hydrogen-bond acceptors (Lipinski definition) is 4. The second-order valence-corrected chi connectivity index (χ2v) is 8.15. The first-order valence-electron chi connectivity index (χ1n) is 8.01. The summed E-state index contributed by atoms with van der Waals surface area (Å²) in [7, 11) is 0. The van der Waals surface area contributed by atoms with E-state index in [1.165, 1.54) is 0 Å². The maximum Gasteiger partial charge on any atom is 0.312 e. The Kier molecular flexibility index (Phi) is 4.57. The summed E-state index contributed by atoms with van der Waals surface area (Å²) in [5, 5.41) is 2.91. The molecule has 2 aliphatic rings. The molecule has 2 saturated heterocycles. The van der Waals surface area contributed by atoms with Crippen LogP contribution in [0.3, 0.4) is 0 Å². The van der Waals surface area contributed by atoms with Crippen LogP contribution in [0.15, 0.2) is 0 Å². The van der Waals surface area contributed by atoms with Crippen molar-refractivity contribution in [3.63, 3.8) is 0 Å². The molecular weight excluding hydrogens is 290 g/mol. The molecule has 0 saturated carbocycles. The molecule has 2 aliphatic heterocycles. The lowest BCUT2D eigenvalue weighted by molar-refractivity contribution is -0.166. The average Bonchev–Trinajstić information content (AvgIpc) is 2.87.